The average molecular weight is 477 g/mol. The number of hydrogen-bond donors (Lipinski definition) is 2. The van der Waals surface area contributed by atoms with Gasteiger partial charge in [0.25, 0.3) is 0 Å². The van der Waals surface area contributed by atoms with Crippen molar-refractivity contribution in [2.75, 3.05) is 12.4 Å². The van der Waals surface area contributed by atoms with E-state index in [0.29, 0.717) is 27.6 Å². The van der Waals surface area contributed by atoms with E-state index in [9.17, 15) is 14.4 Å². The van der Waals surface area contributed by atoms with Crippen molar-refractivity contribution in [1.29, 1.82) is 5.26 Å². The standard InChI is InChI=1S/C24H20N4O5S/c1-15(27-28-23(30)22(29)26-18-8-5-16(6-9-18)11-12-25)17-7-10-19(20(14-17)32-2)33-24(31)21-4-3-13-34-21/h3-10,13-14H,11H2,1-2H3,(H,26,29)(H,28,30)/b27-15+. The van der Waals surface area contributed by atoms with Crippen molar-refractivity contribution in [3.8, 4) is 17.6 Å². The Labute approximate surface area is 199 Å². The zero-order valence-electron chi connectivity index (χ0n) is 18.3. The molecule has 3 rings (SSSR count). The molecule has 1 heterocycles. The zero-order valence-corrected chi connectivity index (χ0v) is 19.1. The lowest BCUT2D eigenvalue weighted by Gasteiger charge is -2.11. The van der Waals surface area contributed by atoms with E-state index >= 15 is 0 Å². The molecule has 0 spiro atoms. The van der Waals surface area contributed by atoms with Crippen molar-refractivity contribution in [3.63, 3.8) is 0 Å². The van der Waals surface area contributed by atoms with Crippen LogP contribution in [0.15, 0.2) is 65.1 Å². The highest BCUT2D eigenvalue weighted by atomic mass is 32.1. The van der Waals surface area contributed by atoms with Crippen LogP contribution in [0, 0.1) is 11.3 Å². The second-order valence-corrected chi connectivity index (χ2v) is 7.80. The molecule has 0 bridgehead atoms. The van der Waals surface area contributed by atoms with E-state index in [-0.39, 0.29) is 12.2 Å². The van der Waals surface area contributed by atoms with Crippen LogP contribution in [0.3, 0.4) is 0 Å². The predicted molar refractivity (Wildman–Crippen MR) is 127 cm³/mol. The molecule has 2 N–H and O–H groups in total. The zero-order chi connectivity index (χ0) is 24.5. The van der Waals surface area contributed by atoms with Gasteiger partial charge in [-0.25, -0.2) is 10.2 Å². The topological polar surface area (TPSA) is 130 Å². The Hall–Kier alpha value is -4.49. The van der Waals surface area contributed by atoms with Crippen LogP contribution >= 0.6 is 11.3 Å². The van der Waals surface area contributed by atoms with Crippen LogP contribution in [0.2, 0.25) is 0 Å². The quantitative estimate of drug-likeness (QED) is 0.176. The molecule has 0 aliphatic carbocycles. The smallest absolute Gasteiger partial charge is 0.353 e. The molecule has 0 saturated carbocycles. The number of nitrogens with zero attached hydrogens (tertiary/aromatic N) is 2. The lowest BCUT2D eigenvalue weighted by Crippen LogP contribution is -2.32. The number of rotatable bonds is 7. The molecular weight excluding hydrogens is 456 g/mol. The molecule has 0 aliphatic heterocycles. The molecule has 172 valence electrons. The number of anilines is 1. The Balaban J connectivity index is 1.62. The molecule has 10 heteroatoms. The van der Waals surface area contributed by atoms with Gasteiger partial charge in [-0.15, -0.1) is 11.3 Å². The van der Waals surface area contributed by atoms with Gasteiger partial charge in [-0.3, -0.25) is 9.59 Å². The molecule has 2 amide bonds. The summed E-state index contributed by atoms with van der Waals surface area (Å²) in [4.78, 5) is 36.9. The lowest BCUT2D eigenvalue weighted by molar-refractivity contribution is -0.136. The van der Waals surface area contributed by atoms with E-state index in [1.54, 1.807) is 66.9 Å². The number of hydrazone groups is 1. The Morgan fingerprint density at radius 3 is 2.47 bits per heavy atom. The van der Waals surface area contributed by atoms with Crippen LogP contribution < -0.4 is 20.2 Å². The number of carbonyl (C=O) groups excluding carboxylic acids is 3. The molecule has 0 aliphatic rings. The Morgan fingerprint density at radius 2 is 1.82 bits per heavy atom. The number of carbonyl (C=O) groups is 3. The third-order valence-electron chi connectivity index (χ3n) is 4.53. The molecular formula is C24H20N4O5S. The summed E-state index contributed by atoms with van der Waals surface area (Å²) in [6.45, 7) is 1.64. The third kappa shape index (κ3) is 6.27. The third-order valence-corrected chi connectivity index (χ3v) is 5.38. The summed E-state index contributed by atoms with van der Waals surface area (Å²) >= 11 is 1.27. The molecule has 9 nitrogen and oxygen atoms in total. The van der Waals surface area contributed by atoms with Crippen LogP contribution in [0.1, 0.15) is 27.7 Å². The number of benzene rings is 2. The van der Waals surface area contributed by atoms with Gasteiger partial charge in [-0.05, 0) is 54.3 Å². The fourth-order valence-corrected chi connectivity index (χ4v) is 3.36. The molecule has 0 fully saturated rings. The summed E-state index contributed by atoms with van der Waals surface area (Å²) in [7, 11) is 1.44. The van der Waals surface area contributed by atoms with E-state index in [0.717, 1.165) is 5.56 Å². The van der Waals surface area contributed by atoms with Gasteiger partial charge in [0, 0.05) is 11.3 Å². The van der Waals surface area contributed by atoms with E-state index in [2.05, 4.69) is 15.8 Å². The number of nitriles is 1. The minimum Gasteiger partial charge on any atom is -0.493 e. The highest BCUT2D eigenvalue weighted by Crippen LogP contribution is 2.29. The lowest BCUT2D eigenvalue weighted by atomic mass is 10.1. The minimum absolute atomic E-state index is 0.238. The molecule has 34 heavy (non-hydrogen) atoms. The first-order valence-corrected chi connectivity index (χ1v) is 10.8. The van der Waals surface area contributed by atoms with Crippen molar-refractivity contribution in [2.45, 2.75) is 13.3 Å². The van der Waals surface area contributed by atoms with Crippen LogP contribution in [0.5, 0.6) is 11.5 Å². The number of nitrogens with one attached hydrogen (secondary N) is 2. The van der Waals surface area contributed by atoms with Crippen LogP contribution in [0.25, 0.3) is 0 Å². The summed E-state index contributed by atoms with van der Waals surface area (Å²) < 4.78 is 10.7. The van der Waals surface area contributed by atoms with Crippen molar-refractivity contribution in [1.82, 2.24) is 5.43 Å². The fraction of sp³-hybridized carbons (Fsp3) is 0.125. The number of methoxy groups -OCH3 is 1. The maximum atomic E-state index is 12.2. The van der Waals surface area contributed by atoms with Gasteiger partial charge < -0.3 is 14.8 Å². The SMILES string of the molecule is COc1cc(/C(C)=N/NC(=O)C(=O)Nc2ccc(CC#N)cc2)ccc1OC(=O)c1cccs1. The molecule has 3 aromatic rings. The van der Waals surface area contributed by atoms with Crippen LogP contribution in [-0.2, 0) is 16.0 Å². The molecule has 0 radical (unpaired) electrons. The number of thiophene rings is 1. The van der Waals surface area contributed by atoms with Gasteiger partial charge in [0.2, 0.25) is 0 Å². The summed E-state index contributed by atoms with van der Waals surface area (Å²) in [5, 5.41) is 16.9. The van der Waals surface area contributed by atoms with Crippen molar-refractivity contribution < 1.29 is 23.9 Å². The van der Waals surface area contributed by atoms with Crippen molar-refractivity contribution >= 4 is 40.5 Å². The fourth-order valence-electron chi connectivity index (χ4n) is 2.76. The normalized spacial score (nSPS) is 10.7. The van der Waals surface area contributed by atoms with Gasteiger partial charge in [0.05, 0.1) is 25.3 Å². The predicted octanol–water partition coefficient (Wildman–Crippen LogP) is 3.52. The average Bonchev–Trinajstić information content (AvgIpc) is 3.39. The summed E-state index contributed by atoms with van der Waals surface area (Å²) in [6, 6.07) is 16.8. The van der Waals surface area contributed by atoms with E-state index < -0.39 is 17.8 Å². The van der Waals surface area contributed by atoms with Crippen molar-refractivity contribution in [3.05, 3.63) is 76.0 Å². The van der Waals surface area contributed by atoms with Gasteiger partial charge in [0.1, 0.15) is 4.88 Å². The van der Waals surface area contributed by atoms with Crippen LogP contribution in [-0.4, -0.2) is 30.6 Å². The number of hydrogen-bond acceptors (Lipinski definition) is 8. The highest BCUT2D eigenvalue weighted by Gasteiger charge is 2.16. The molecule has 0 saturated heterocycles. The number of esters is 1. The van der Waals surface area contributed by atoms with Crippen molar-refractivity contribution in [2.24, 2.45) is 5.10 Å². The first-order valence-electron chi connectivity index (χ1n) is 9.97. The first kappa shape index (κ1) is 24.2. The van der Waals surface area contributed by atoms with Crippen LogP contribution in [0.4, 0.5) is 5.69 Å². The van der Waals surface area contributed by atoms with E-state index in [4.69, 9.17) is 14.7 Å². The highest BCUT2D eigenvalue weighted by molar-refractivity contribution is 7.12. The Bertz CT molecular complexity index is 1260. The van der Waals surface area contributed by atoms with E-state index in [1.165, 1.54) is 18.4 Å². The summed E-state index contributed by atoms with van der Waals surface area (Å²) in [6.07, 6.45) is 0.255. The number of amides is 2. The monoisotopic (exact) mass is 476 g/mol. The summed E-state index contributed by atoms with van der Waals surface area (Å²) in [5.74, 6) is -1.79. The van der Waals surface area contributed by atoms with E-state index in [1.807, 2.05) is 6.07 Å². The van der Waals surface area contributed by atoms with Gasteiger partial charge in [0.15, 0.2) is 11.5 Å². The van der Waals surface area contributed by atoms with Gasteiger partial charge in [-0.2, -0.15) is 10.4 Å². The Morgan fingerprint density at radius 1 is 1.06 bits per heavy atom. The molecule has 0 unspecified atom stereocenters. The second kappa shape index (κ2) is 11.4. The second-order valence-electron chi connectivity index (χ2n) is 6.86. The number of ether oxygens (including phenoxy) is 2. The minimum atomic E-state index is -0.950. The van der Waals surface area contributed by atoms with Gasteiger partial charge >= 0.3 is 17.8 Å². The maximum absolute atomic E-state index is 12.2. The largest absolute Gasteiger partial charge is 0.493 e. The molecule has 0 atom stereocenters. The summed E-state index contributed by atoms with van der Waals surface area (Å²) in [5.41, 5.74) is 4.40. The van der Waals surface area contributed by atoms with Gasteiger partial charge in [-0.1, -0.05) is 18.2 Å². The molecule has 1 aromatic heterocycles. The maximum Gasteiger partial charge on any atom is 0.353 e. The Kier molecular flexibility index (Phi) is 8.10. The molecule has 2 aromatic carbocycles. The first-order chi connectivity index (χ1) is 16.4.